The Morgan fingerprint density at radius 3 is 2.48 bits per heavy atom. The van der Waals surface area contributed by atoms with E-state index in [9.17, 15) is 0 Å². The van der Waals surface area contributed by atoms with Crippen molar-refractivity contribution in [3.05, 3.63) is 71.8 Å². The van der Waals surface area contributed by atoms with Crippen molar-refractivity contribution >= 4 is 21.7 Å². The van der Waals surface area contributed by atoms with Crippen LogP contribution in [-0.4, -0.2) is 11.5 Å². The smallest absolute Gasteiger partial charge is 0.0503 e. The molecule has 0 saturated heterocycles. The van der Waals surface area contributed by atoms with Crippen LogP contribution in [0.2, 0.25) is 0 Å². The zero-order chi connectivity index (χ0) is 17.2. The molecule has 1 aromatic heterocycles. The molecule has 25 heavy (non-hydrogen) atoms. The maximum Gasteiger partial charge on any atom is 0.0503 e. The molecule has 0 fully saturated rings. The number of hydrogen-bond acceptors (Lipinski definition) is 1. The van der Waals surface area contributed by atoms with Gasteiger partial charge >= 0.3 is 0 Å². The Bertz CT molecular complexity index is 1020. The highest BCUT2D eigenvalue weighted by Crippen LogP contribution is 2.36. The predicted octanol–water partition coefficient (Wildman–Crippen LogP) is 5.58. The van der Waals surface area contributed by atoms with Crippen molar-refractivity contribution in [3.8, 4) is 11.3 Å². The number of hydrogen-bond donors (Lipinski definition) is 2. The van der Waals surface area contributed by atoms with Gasteiger partial charge in [0.1, 0.15) is 0 Å². The second-order valence-electron chi connectivity index (χ2n) is 6.75. The maximum atomic E-state index is 5.72. The number of nitrogens with one attached hydrogen (secondary N) is 1. The van der Waals surface area contributed by atoms with Crippen LogP contribution in [0.15, 0.2) is 60.7 Å². The number of aromatic amines is 1. The molecule has 0 radical (unpaired) electrons. The monoisotopic (exact) mass is 328 g/mol. The van der Waals surface area contributed by atoms with Crippen molar-refractivity contribution in [2.75, 3.05) is 6.54 Å². The zero-order valence-corrected chi connectivity index (χ0v) is 14.7. The van der Waals surface area contributed by atoms with Gasteiger partial charge in [-0.25, -0.2) is 0 Å². The van der Waals surface area contributed by atoms with Gasteiger partial charge in [-0.3, -0.25) is 0 Å². The van der Waals surface area contributed by atoms with Gasteiger partial charge in [0.05, 0.1) is 5.69 Å². The molecule has 0 aliphatic carbocycles. The predicted molar refractivity (Wildman–Crippen MR) is 108 cm³/mol. The number of nitrogens with two attached hydrogens (primary N) is 1. The lowest BCUT2D eigenvalue weighted by atomic mass is 9.96. The molecule has 1 heterocycles. The maximum absolute atomic E-state index is 5.72. The number of fused-ring (bicyclic) bond motifs is 2. The minimum atomic E-state index is 0.755. The zero-order valence-electron chi connectivity index (χ0n) is 14.7. The van der Waals surface area contributed by atoms with Crippen LogP contribution in [0.1, 0.15) is 24.0 Å². The average molecular weight is 328 g/mol. The van der Waals surface area contributed by atoms with Gasteiger partial charge in [0.2, 0.25) is 0 Å². The summed E-state index contributed by atoms with van der Waals surface area (Å²) in [6.07, 6.45) is 3.24. The molecule has 0 unspecified atom stereocenters. The SMILES string of the molecule is Cc1cccc2c(CCCCN)c(-c3cccc4ccccc34)[nH]c12. The van der Waals surface area contributed by atoms with Gasteiger partial charge in [-0.1, -0.05) is 60.7 Å². The number of unbranched alkanes of at least 4 members (excludes halogenated alkanes) is 1. The Labute approximate surface area is 148 Å². The molecule has 0 saturated carbocycles. The van der Waals surface area contributed by atoms with E-state index in [0.29, 0.717) is 0 Å². The summed E-state index contributed by atoms with van der Waals surface area (Å²) in [5, 5.41) is 3.93. The Kier molecular flexibility index (Phi) is 4.29. The molecule has 0 aliphatic heterocycles. The number of aryl methyl sites for hydroxylation is 2. The first-order valence-corrected chi connectivity index (χ1v) is 9.08. The van der Waals surface area contributed by atoms with Crippen LogP contribution >= 0.6 is 0 Å². The number of aromatic nitrogens is 1. The van der Waals surface area contributed by atoms with Crippen LogP contribution in [0.3, 0.4) is 0 Å². The van der Waals surface area contributed by atoms with Gasteiger partial charge < -0.3 is 10.7 Å². The van der Waals surface area contributed by atoms with Gasteiger partial charge in [-0.2, -0.15) is 0 Å². The first-order chi connectivity index (χ1) is 12.3. The first kappa shape index (κ1) is 15.9. The second-order valence-corrected chi connectivity index (χ2v) is 6.75. The Balaban J connectivity index is 1.96. The fraction of sp³-hybridized carbons (Fsp3) is 0.217. The summed E-state index contributed by atoms with van der Waals surface area (Å²) in [5.41, 5.74) is 12.2. The molecule has 4 rings (SSSR count). The van der Waals surface area contributed by atoms with Gasteiger partial charge in [0.25, 0.3) is 0 Å². The van der Waals surface area contributed by atoms with Crippen molar-refractivity contribution in [1.82, 2.24) is 4.98 Å². The van der Waals surface area contributed by atoms with Crippen LogP contribution < -0.4 is 5.73 Å². The van der Waals surface area contributed by atoms with E-state index in [2.05, 4.69) is 72.6 Å². The Morgan fingerprint density at radius 1 is 0.840 bits per heavy atom. The summed E-state index contributed by atoms with van der Waals surface area (Å²) in [7, 11) is 0. The van der Waals surface area contributed by atoms with Gasteiger partial charge in [-0.15, -0.1) is 0 Å². The standard InChI is InChI=1S/C23H24N2/c1-16-8-6-13-20-21(12-4-5-15-24)23(25-22(16)20)19-14-7-10-17-9-2-3-11-18(17)19/h2-3,6-11,13-14,25H,4-5,12,15,24H2,1H3. The topological polar surface area (TPSA) is 41.8 Å². The highest BCUT2D eigenvalue weighted by molar-refractivity contribution is 6.01. The lowest BCUT2D eigenvalue weighted by Crippen LogP contribution is -1.99. The summed E-state index contributed by atoms with van der Waals surface area (Å²) in [6.45, 7) is 2.93. The minimum Gasteiger partial charge on any atom is -0.354 e. The largest absolute Gasteiger partial charge is 0.354 e. The third-order valence-corrected chi connectivity index (χ3v) is 5.09. The Morgan fingerprint density at radius 2 is 1.60 bits per heavy atom. The van der Waals surface area contributed by atoms with E-state index < -0.39 is 0 Å². The first-order valence-electron chi connectivity index (χ1n) is 9.08. The van der Waals surface area contributed by atoms with Crippen LogP contribution in [-0.2, 0) is 6.42 Å². The fourth-order valence-electron chi connectivity index (χ4n) is 3.80. The van der Waals surface area contributed by atoms with Crippen molar-refractivity contribution in [1.29, 1.82) is 0 Å². The quantitative estimate of drug-likeness (QED) is 0.461. The highest BCUT2D eigenvalue weighted by Gasteiger charge is 2.15. The number of benzene rings is 3. The van der Waals surface area contributed by atoms with Crippen molar-refractivity contribution in [3.63, 3.8) is 0 Å². The molecule has 0 atom stereocenters. The molecule has 2 nitrogen and oxygen atoms in total. The molecule has 0 spiro atoms. The molecular weight excluding hydrogens is 304 g/mol. The van der Waals surface area contributed by atoms with E-state index in [1.807, 2.05) is 0 Å². The molecule has 0 bridgehead atoms. The van der Waals surface area contributed by atoms with E-state index in [4.69, 9.17) is 5.73 Å². The lowest BCUT2D eigenvalue weighted by Gasteiger charge is -2.09. The minimum absolute atomic E-state index is 0.755. The molecule has 0 amide bonds. The van der Waals surface area contributed by atoms with E-state index >= 15 is 0 Å². The highest BCUT2D eigenvalue weighted by atomic mass is 14.7. The molecule has 0 aliphatic rings. The third-order valence-electron chi connectivity index (χ3n) is 5.09. The summed E-state index contributed by atoms with van der Waals surface area (Å²) >= 11 is 0. The van der Waals surface area contributed by atoms with Gasteiger partial charge in [0, 0.05) is 16.5 Å². The molecular formula is C23H24N2. The molecule has 2 heteroatoms. The van der Waals surface area contributed by atoms with Crippen molar-refractivity contribution in [2.24, 2.45) is 5.73 Å². The summed E-state index contributed by atoms with van der Waals surface area (Å²) < 4.78 is 0. The van der Waals surface area contributed by atoms with Crippen LogP contribution in [0.4, 0.5) is 0 Å². The summed E-state index contributed by atoms with van der Waals surface area (Å²) in [5.74, 6) is 0. The number of H-pyrrole nitrogens is 1. The lowest BCUT2D eigenvalue weighted by molar-refractivity contribution is 0.748. The van der Waals surface area contributed by atoms with E-state index in [1.165, 1.54) is 44.1 Å². The van der Waals surface area contributed by atoms with Crippen molar-refractivity contribution in [2.45, 2.75) is 26.2 Å². The van der Waals surface area contributed by atoms with Crippen LogP contribution in [0.5, 0.6) is 0 Å². The molecule has 4 aromatic rings. The average Bonchev–Trinajstić information content (AvgIpc) is 3.01. The summed E-state index contributed by atoms with van der Waals surface area (Å²) in [4.78, 5) is 3.74. The molecule has 126 valence electrons. The summed E-state index contributed by atoms with van der Waals surface area (Å²) in [6, 6.07) is 21.8. The van der Waals surface area contributed by atoms with Gasteiger partial charge in [0.15, 0.2) is 0 Å². The van der Waals surface area contributed by atoms with E-state index in [1.54, 1.807) is 0 Å². The second kappa shape index (κ2) is 6.73. The molecule has 3 aromatic carbocycles. The third kappa shape index (κ3) is 2.83. The molecule has 3 N–H and O–H groups in total. The van der Waals surface area contributed by atoms with Crippen molar-refractivity contribution < 1.29 is 0 Å². The van der Waals surface area contributed by atoms with Gasteiger partial charge in [-0.05, 0) is 54.6 Å². The van der Waals surface area contributed by atoms with Crippen LogP contribution in [0.25, 0.3) is 32.9 Å². The van der Waals surface area contributed by atoms with Crippen LogP contribution in [0, 0.1) is 6.92 Å². The number of para-hydroxylation sites is 1. The van der Waals surface area contributed by atoms with E-state index in [0.717, 1.165) is 25.8 Å². The fourth-order valence-corrected chi connectivity index (χ4v) is 3.80. The number of rotatable bonds is 5. The Hall–Kier alpha value is -2.58. The normalized spacial score (nSPS) is 11.4. The van der Waals surface area contributed by atoms with E-state index in [-0.39, 0.29) is 0 Å².